The largest absolute Gasteiger partial charge is 0.481 e. The van der Waals surface area contributed by atoms with Crippen molar-refractivity contribution in [3.8, 4) is 28.3 Å². The van der Waals surface area contributed by atoms with Gasteiger partial charge in [0.1, 0.15) is 0 Å². The van der Waals surface area contributed by atoms with Crippen LogP contribution in [-0.4, -0.2) is 11.1 Å². The second-order valence-electron chi connectivity index (χ2n) is 6.98. The molecule has 3 nitrogen and oxygen atoms in total. The van der Waals surface area contributed by atoms with Gasteiger partial charge in [-0.15, -0.1) is 0 Å². The van der Waals surface area contributed by atoms with Gasteiger partial charge in [-0.1, -0.05) is 55.8 Å². The van der Waals surface area contributed by atoms with E-state index >= 15 is 0 Å². The molecule has 1 atom stereocenters. The SMILES string of the molecule is CCCC(C(=O)O)c1cc(-c2ccccc2)c(C)c(-c2cccc(C#N)c2)c1. The van der Waals surface area contributed by atoms with Gasteiger partial charge in [-0.2, -0.15) is 5.26 Å². The van der Waals surface area contributed by atoms with Gasteiger partial charge in [0.25, 0.3) is 0 Å². The lowest BCUT2D eigenvalue weighted by molar-refractivity contribution is -0.139. The molecule has 0 heterocycles. The van der Waals surface area contributed by atoms with Crippen LogP contribution >= 0.6 is 0 Å². The summed E-state index contributed by atoms with van der Waals surface area (Å²) in [7, 11) is 0. The molecule has 140 valence electrons. The van der Waals surface area contributed by atoms with Crippen LogP contribution in [0.15, 0.2) is 66.7 Å². The van der Waals surface area contributed by atoms with Crippen molar-refractivity contribution < 1.29 is 9.90 Å². The third-order valence-electron chi connectivity index (χ3n) is 5.10. The number of aliphatic carboxylic acids is 1. The third-order valence-corrected chi connectivity index (χ3v) is 5.10. The third kappa shape index (κ3) is 3.97. The van der Waals surface area contributed by atoms with Gasteiger partial charge < -0.3 is 5.11 Å². The molecule has 28 heavy (non-hydrogen) atoms. The molecule has 3 aromatic rings. The molecule has 0 amide bonds. The summed E-state index contributed by atoms with van der Waals surface area (Å²) >= 11 is 0. The van der Waals surface area contributed by atoms with Crippen molar-refractivity contribution in [3.05, 3.63) is 83.4 Å². The first kappa shape index (κ1) is 19.4. The average Bonchev–Trinajstić information content (AvgIpc) is 2.73. The van der Waals surface area contributed by atoms with E-state index in [1.54, 1.807) is 6.07 Å². The minimum absolute atomic E-state index is 0.550. The Balaban J connectivity index is 2.27. The number of nitrogens with zero attached hydrogens (tertiary/aromatic N) is 1. The van der Waals surface area contributed by atoms with Crippen LogP contribution in [0.1, 0.15) is 42.4 Å². The molecule has 1 unspecified atom stereocenters. The summed E-state index contributed by atoms with van der Waals surface area (Å²) in [6, 6.07) is 23.7. The molecule has 0 radical (unpaired) electrons. The van der Waals surface area contributed by atoms with Crippen molar-refractivity contribution in [3.63, 3.8) is 0 Å². The fourth-order valence-corrected chi connectivity index (χ4v) is 3.63. The highest BCUT2D eigenvalue weighted by molar-refractivity contribution is 5.83. The van der Waals surface area contributed by atoms with E-state index in [4.69, 9.17) is 0 Å². The van der Waals surface area contributed by atoms with Crippen molar-refractivity contribution in [2.24, 2.45) is 0 Å². The Morgan fingerprint density at radius 3 is 2.25 bits per heavy atom. The van der Waals surface area contributed by atoms with Crippen molar-refractivity contribution >= 4 is 5.97 Å². The second-order valence-corrected chi connectivity index (χ2v) is 6.98. The van der Waals surface area contributed by atoms with Crippen molar-refractivity contribution in [1.29, 1.82) is 5.26 Å². The molecule has 0 saturated heterocycles. The van der Waals surface area contributed by atoms with E-state index < -0.39 is 11.9 Å². The average molecular weight is 369 g/mol. The van der Waals surface area contributed by atoms with E-state index in [-0.39, 0.29) is 0 Å². The minimum Gasteiger partial charge on any atom is -0.481 e. The number of rotatable bonds is 6. The van der Waals surface area contributed by atoms with E-state index in [0.29, 0.717) is 12.0 Å². The predicted octanol–water partition coefficient (Wildman–Crippen LogP) is 6.17. The maximum absolute atomic E-state index is 11.9. The molecule has 0 spiro atoms. The first-order valence-electron chi connectivity index (χ1n) is 9.48. The Hall–Kier alpha value is -3.38. The van der Waals surface area contributed by atoms with Crippen LogP contribution < -0.4 is 0 Å². The van der Waals surface area contributed by atoms with Gasteiger partial charge >= 0.3 is 5.97 Å². The monoisotopic (exact) mass is 369 g/mol. The fraction of sp³-hybridized carbons (Fsp3) is 0.200. The van der Waals surface area contributed by atoms with E-state index in [9.17, 15) is 15.2 Å². The maximum atomic E-state index is 11.9. The van der Waals surface area contributed by atoms with E-state index in [1.165, 1.54) is 0 Å². The smallest absolute Gasteiger partial charge is 0.310 e. The number of carbonyl (C=O) groups is 1. The molecule has 0 aliphatic rings. The molecular formula is C25H23NO2. The second kappa shape index (κ2) is 8.54. The van der Waals surface area contributed by atoms with Crippen molar-refractivity contribution in [2.45, 2.75) is 32.6 Å². The Bertz CT molecular complexity index is 1030. The van der Waals surface area contributed by atoms with Crippen LogP contribution in [-0.2, 0) is 4.79 Å². The summed E-state index contributed by atoms with van der Waals surface area (Å²) in [5.74, 6) is -1.35. The summed E-state index contributed by atoms with van der Waals surface area (Å²) in [6.07, 6.45) is 1.38. The summed E-state index contributed by atoms with van der Waals surface area (Å²) in [5.41, 5.74) is 6.44. The first-order chi connectivity index (χ1) is 13.5. The number of hydrogen-bond acceptors (Lipinski definition) is 2. The van der Waals surface area contributed by atoms with Gasteiger partial charge in [0.15, 0.2) is 0 Å². The Labute approximate surface area is 165 Å². The minimum atomic E-state index is -0.804. The molecule has 0 saturated carbocycles. The zero-order valence-electron chi connectivity index (χ0n) is 16.1. The maximum Gasteiger partial charge on any atom is 0.310 e. The van der Waals surface area contributed by atoms with Gasteiger partial charge in [0.05, 0.1) is 17.6 Å². The van der Waals surface area contributed by atoms with Crippen molar-refractivity contribution in [1.82, 2.24) is 0 Å². The van der Waals surface area contributed by atoms with Gasteiger partial charge in [-0.3, -0.25) is 4.79 Å². The molecule has 0 aromatic heterocycles. The topological polar surface area (TPSA) is 61.1 Å². The fourth-order valence-electron chi connectivity index (χ4n) is 3.63. The number of benzene rings is 3. The highest BCUT2D eigenvalue weighted by Crippen LogP contribution is 2.37. The zero-order valence-corrected chi connectivity index (χ0v) is 16.1. The molecule has 0 bridgehead atoms. The number of carboxylic acid groups (broad SMARTS) is 1. The van der Waals surface area contributed by atoms with Gasteiger partial charge in [-0.25, -0.2) is 0 Å². The summed E-state index contributed by atoms with van der Waals surface area (Å²) in [5, 5.41) is 19.1. The van der Waals surface area contributed by atoms with Crippen molar-refractivity contribution in [2.75, 3.05) is 0 Å². The molecule has 0 aliphatic heterocycles. The van der Waals surface area contributed by atoms with E-state index in [2.05, 4.69) is 13.0 Å². The number of hydrogen-bond donors (Lipinski definition) is 1. The predicted molar refractivity (Wildman–Crippen MR) is 112 cm³/mol. The normalized spacial score (nSPS) is 11.6. The standard InChI is InChI=1S/C25H23NO2/c1-3-8-22(25(27)28)21-14-23(19-10-5-4-6-11-19)17(2)24(15-21)20-12-7-9-18(13-20)16-26/h4-7,9-15,22H,3,8H2,1-2H3,(H,27,28). The summed E-state index contributed by atoms with van der Waals surface area (Å²) < 4.78 is 0. The lowest BCUT2D eigenvalue weighted by Gasteiger charge is -2.19. The Kier molecular flexibility index (Phi) is 5.91. The summed E-state index contributed by atoms with van der Waals surface area (Å²) in [4.78, 5) is 11.9. The lowest BCUT2D eigenvalue weighted by Crippen LogP contribution is -2.12. The molecule has 0 fully saturated rings. The lowest BCUT2D eigenvalue weighted by atomic mass is 9.85. The molecule has 0 aliphatic carbocycles. The van der Waals surface area contributed by atoms with Gasteiger partial charge in [0.2, 0.25) is 0 Å². The zero-order chi connectivity index (χ0) is 20.1. The molecule has 3 heteroatoms. The highest BCUT2D eigenvalue weighted by Gasteiger charge is 2.22. The molecule has 1 N–H and O–H groups in total. The molecule has 3 aromatic carbocycles. The quantitative estimate of drug-likeness (QED) is 0.565. The Morgan fingerprint density at radius 1 is 1.00 bits per heavy atom. The van der Waals surface area contributed by atoms with Crippen LogP contribution in [0.3, 0.4) is 0 Å². The van der Waals surface area contributed by atoms with Gasteiger partial charge in [-0.05, 0) is 71.0 Å². The van der Waals surface area contributed by atoms with Crippen LogP contribution in [0, 0.1) is 18.3 Å². The van der Waals surface area contributed by atoms with Crippen LogP contribution in [0.25, 0.3) is 22.3 Å². The molecular weight excluding hydrogens is 346 g/mol. The summed E-state index contributed by atoms with van der Waals surface area (Å²) in [6.45, 7) is 4.05. The highest BCUT2D eigenvalue weighted by atomic mass is 16.4. The van der Waals surface area contributed by atoms with E-state index in [1.807, 2.05) is 67.6 Å². The van der Waals surface area contributed by atoms with Crippen LogP contribution in [0.2, 0.25) is 0 Å². The van der Waals surface area contributed by atoms with Gasteiger partial charge in [0, 0.05) is 0 Å². The number of carboxylic acids is 1. The van der Waals surface area contributed by atoms with Crippen LogP contribution in [0.5, 0.6) is 0 Å². The molecule has 3 rings (SSSR count). The van der Waals surface area contributed by atoms with E-state index in [0.717, 1.165) is 39.8 Å². The Morgan fingerprint density at radius 2 is 1.64 bits per heavy atom. The number of nitriles is 1. The first-order valence-corrected chi connectivity index (χ1v) is 9.48. The van der Waals surface area contributed by atoms with Crippen LogP contribution in [0.4, 0.5) is 0 Å².